The summed E-state index contributed by atoms with van der Waals surface area (Å²) >= 11 is 0. The molecule has 0 radical (unpaired) electrons. The van der Waals surface area contributed by atoms with Crippen LogP contribution in [0.5, 0.6) is 5.75 Å². The first-order chi connectivity index (χ1) is 10.5. The molecule has 2 aliphatic heterocycles. The van der Waals surface area contributed by atoms with Gasteiger partial charge in [-0.05, 0) is 32.0 Å². The molecule has 116 valence electrons. The predicted octanol–water partition coefficient (Wildman–Crippen LogP) is 0.965. The van der Waals surface area contributed by atoms with Gasteiger partial charge >= 0.3 is 0 Å². The summed E-state index contributed by atoms with van der Waals surface area (Å²) in [6.07, 6.45) is -0.387. The Labute approximate surface area is 127 Å². The van der Waals surface area contributed by atoms with Crippen LogP contribution in [0.25, 0.3) is 0 Å². The van der Waals surface area contributed by atoms with E-state index in [2.05, 4.69) is 10.6 Å². The Morgan fingerprint density at radius 1 is 1.36 bits per heavy atom. The third-order valence-corrected chi connectivity index (χ3v) is 3.81. The van der Waals surface area contributed by atoms with E-state index in [1.807, 2.05) is 0 Å². The van der Waals surface area contributed by atoms with Gasteiger partial charge in [0.2, 0.25) is 5.91 Å². The van der Waals surface area contributed by atoms with Crippen LogP contribution in [-0.4, -0.2) is 41.3 Å². The van der Waals surface area contributed by atoms with E-state index in [1.54, 1.807) is 32.0 Å². The molecule has 1 aromatic carbocycles. The number of amides is 3. The Kier molecular flexibility index (Phi) is 3.48. The molecule has 2 N–H and O–H groups in total. The zero-order valence-electron chi connectivity index (χ0n) is 12.4. The van der Waals surface area contributed by atoms with Crippen molar-refractivity contribution in [3.63, 3.8) is 0 Å². The Morgan fingerprint density at radius 3 is 2.82 bits per heavy atom. The number of ether oxygens (including phenoxy) is 1. The molecule has 0 bridgehead atoms. The molecule has 7 heteroatoms. The molecule has 0 aliphatic carbocycles. The van der Waals surface area contributed by atoms with Gasteiger partial charge in [0, 0.05) is 12.2 Å². The Hall–Kier alpha value is -2.57. The van der Waals surface area contributed by atoms with Gasteiger partial charge in [0.15, 0.2) is 6.10 Å². The third-order valence-electron chi connectivity index (χ3n) is 3.81. The molecule has 3 rings (SSSR count). The van der Waals surface area contributed by atoms with E-state index in [0.29, 0.717) is 23.7 Å². The summed E-state index contributed by atoms with van der Waals surface area (Å²) in [6.45, 7) is 3.82. The minimum atomic E-state index is -0.565. The molecule has 0 aromatic heterocycles. The lowest BCUT2D eigenvalue weighted by molar-refractivity contribution is -0.138. The van der Waals surface area contributed by atoms with Gasteiger partial charge in [0.1, 0.15) is 11.8 Å². The van der Waals surface area contributed by atoms with E-state index in [9.17, 15) is 14.4 Å². The summed E-state index contributed by atoms with van der Waals surface area (Å²) in [4.78, 5) is 36.7. The molecule has 0 saturated carbocycles. The zero-order valence-corrected chi connectivity index (χ0v) is 12.4. The minimum Gasteiger partial charge on any atom is -0.479 e. The lowest BCUT2D eigenvalue weighted by Crippen LogP contribution is -2.35. The van der Waals surface area contributed by atoms with Crippen molar-refractivity contribution in [1.82, 2.24) is 4.90 Å². The second-order valence-electron chi connectivity index (χ2n) is 5.34. The summed E-state index contributed by atoms with van der Waals surface area (Å²) in [7, 11) is 0. The van der Waals surface area contributed by atoms with Gasteiger partial charge in [0.25, 0.3) is 11.8 Å². The number of nitrogens with one attached hydrogen (secondary N) is 2. The number of carbonyl (C=O) groups is 3. The van der Waals surface area contributed by atoms with Crippen molar-refractivity contribution in [3.8, 4) is 5.75 Å². The maximum atomic E-state index is 12.1. The number of hydrogen-bond acceptors (Lipinski definition) is 5. The van der Waals surface area contributed by atoms with Crippen molar-refractivity contribution in [1.29, 1.82) is 0 Å². The van der Waals surface area contributed by atoms with Gasteiger partial charge < -0.3 is 15.4 Å². The maximum Gasteiger partial charge on any atom is 0.265 e. The van der Waals surface area contributed by atoms with Crippen LogP contribution in [0.4, 0.5) is 11.4 Å². The summed E-state index contributed by atoms with van der Waals surface area (Å²) in [6, 6.07) is 4.62. The smallest absolute Gasteiger partial charge is 0.265 e. The van der Waals surface area contributed by atoms with Crippen molar-refractivity contribution in [2.24, 2.45) is 0 Å². The number of likely N-dealkylation sites (N-methyl/N-ethyl adjacent to an activating group) is 1. The SMILES string of the molecule is CCN1C(=O)C[C@H](Nc2ccc3c(c2)NC(=O)[C@H](C)O3)C1=O. The summed E-state index contributed by atoms with van der Waals surface area (Å²) in [5.74, 6) is -0.0249. The molecule has 1 saturated heterocycles. The first-order valence-corrected chi connectivity index (χ1v) is 7.22. The number of likely N-dealkylation sites (tertiary alicyclic amines) is 1. The van der Waals surface area contributed by atoms with Crippen LogP contribution >= 0.6 is 0 Å². The monoisotopic (exact) mass is 303 g/mol. The van der Waals surface area contributed by atoms with Gasteiger partial charge in [-0.1, -0.05) is 0 Å². The fraction of sp³-hybridized carbons (Fsp3) is 0.400. The number of imide groups is 1. The van der Waals surface area contributed by atoms with Crippen molar-refractivity contribution < 1.29 is 19.1 Å². The number of nitrogens with zero attached hydrogens (tertiary/aromatic N) is 1. The van der Waals surface area contributed by atoms with Crippen LogP contribution < -0.4 is 15.4 Å². The van der Waals surface area contributed by atoms with Crippen LogP contribution in [0.15, 0.2) is 18.2 Å². The van der Waals surface area contributed by atoms with Crippen molar-refractivity contribution in [2.75, 3.05) is 17.2 Å². The predicted molar refractivity (Wildman–Crippen MR) is 79.6 cm³/mol. The molecule has 0 unspecified atom stereocenters. The van der Waals surface area contributed by atoms with Crippen LogP contribution in [0.3, 0.4) is 0 Å². The number of hydrogen-bond donors (Lipinski definition) is 2. The number of fused-ring (bicyclic) bond motifs is 1. The third kappa shape index (κ3) is 2.38. The first kappa shape index (κ1) is 14.4. The molecule has 0 spiro atoms. The molecule has 3 amide bonds. The van der Waals surface area contributed by atoms with Crippen molar-refractivity contribution in [3.05, 3.63) is 18.2 Å². The van der Waals surface area contributed by atoms with Crippen molar-refractivity contribution >= 4 is 29.1 Å². The first-order valence-electron chi connectivity index (χ1n) is 7.22. The Morgan fingerprint density at radius 2 is 2.14 bits per heavy atom. The molecular formula is C15H17N3O4. The van der Waals surface area contributed by atoms with Crippen LogP contribution in [0.1, 0.15) is 20.3 Å². The lowest BCUT2D eigenvalue weighted by Gasteiger charge is -2.24. The number of rotatable bonds is 3. The highest BCUT2D eigenvalue weighted by Crippen LogP contribution is 2.32. The number of anilines is 2. The Balaban J connectivity index is 1.77. The fourth-order valence-corrected chi connectivity index (χ4v) is 2.63. The van der Waals surface area contributed by atoms with E-state index >= 15 is 0 Å². The normalized spacial score (nSPS) is 23.9. The largest absolute Gasteiger partial charge is 0.479 e. The topological polar surface area (TPSA) is 87.7 Å². The molecule has 7 nitrogen and oxygen atoms in total. The maximum absolute atomic E-state index is 12.1. The van der Waals surface area contributed by atoms with Crippen LogP contribution in [0, 0.1) is 0 Å². The lowest BCUT2D eigenvalue weighted by atomic mass is 10.2. The van der Waals surface area contributed by atoms with E-state index in [-0.39, 0.29) is 24.1 Å². The second-order valence-corrected chi connectivity index (χ2v) is 5.34. The quantitative estimate of drug-likeness (QED) is 0.812. The molecule has 2 heterocycles. The van der Waals surface area contributed by atoms with E-state index < -0.39 is 12.1 Å². The highest BCUT2D eigenvalue weighted by Gasteiger charge is 2.37. The van der Waals surface area contributed by atoms with Gasteiger partial charge in [-0.2, -0.15) is 0 Å². The number of benzene rings is 1. The average molecular weight is 303 g/mol. The Bertz CT molecular complexity index is 658. The molecule has 2 atom stereocenters. The van der Waals surface area contributed by atoms with Crippen LogP contribution in [-0.2, 0) is 14.4 Å². The van der Waals surface area contributed by atoms with Gasteiger partial charge in [0.05, 0.1) is 12.1 Å². The van der Waals surface area contributed by atoms with Crippen LogP contribution in [0.2, 0.25) is 0 Å². The second kappa shape index (κ2) is 5.32. The molecular weight excluding hydrogens is 286 g/mol. The van der Waals surface area contributed by atoms with E-state index in [4.69, 9.17) is 4.74 Å². The van der Waals surface area contributed by atoms with Crippen molar-refractivity contribution in [2.45, 2.75) is 32.4 Å². The fourth-order valence-electron chi connectivity index (χ4n) is 2.63. The van der Waals surface area contributed by atoms with E-state index in [0.717, 1.165) is 0 Å². The summed E-state index contributed by atoms with van der Waals surface area (Å²) in [5.41, 5.74) is 1.21. The standard InChI is InChI=1S/C15H17N3O4/c1-3-18-13(19)7-11(15(18)21)16-9-4-5-12-10(6-9)17-14(20)8(2)22-12/h4-6,8,11,16H,3,7H2,1-2H3,(H,17,20)/t8-,11-/m0/s1. The average Bonchev–Trinajstić information content (AvgIpc) is 2.74. The molecule has 2 aliphatic rings. The molecule has 22 heavy (non-hydrogen) atoms. The van der Waals surface area contributed by atoms with Gasteiger partial charge in [-0.15, -0.1) is 0 Å². The number of carbonyl (C=O) groups excluding carboxylic acids is 3. The summed E-state index contributed by atoms with van der Waals surface area (Å²) in [5, 5.41) is 5.79. The molecule has 1 aromatic rings. The van der Waals surface area contributed by atoms with Gasteiger partial charge in [-0.25, -0.2) is 0 Å². The highest BCUT2D eigenvalue weighted by molar-refractivity contribution is 6.07. The molecule has 1 fully saturated rings. The minimum absolute atomic E-state index is 0.143. The highest BCUT2D eigenvalue weighted by atomic mass is 16.5. The van der Waals surface area contributed by atoms with E-state index in [1.165, 1.54) is 4.90 Å². The summed E-state index contributed by atoms with van der Waals surface area (Å²) < 4.78 is 5.47. The zero-order chi connectivity index (χ0) is 15.9. The van der Waals surface area contributed by atoms with Gasteiger partial charge in [-0.3, -0.25) is 19.3 Å².